The fourth-order valence-corrected chi connectivity index (χ4v) is 3.18. The summed E-state index contributed by atoms with van der Waals surface area (Å²) in [5.41, 5.74) is 1.31. The molecule has 0 atom stereocenters. The molecule has 2 nitrogen and oxygen atoms in total. The van der Waals surface area contributed by atoms with Crippen LogP contribution in [0.1, 0.15) is 58.4 Å². The van der Waals surface area contributed by atoms with Crippen LogP contribution in [0.5, 0.6) is 0 Å². The molecule has 21 heavy (non-hydrogen) atoms. The summed E-state index contributed by atoms with van der Waals surface area (Å²) in [5, 5.41) is 3.60. The second kappa shape index (κ2) is 7.95. The van der Waals surface area contributed by atoms with Crippen LogP contribution in [0.15, 0.2) is 30.3 Å². The van der Waals surface area contributed by atoms with Gasteiger partial charge in [0.25, 0.3) is 0 Å². The topological polar surface area (TPSA) is 21.3 Å². The van der Waals surface area contributed by atoms with Gasteiger partial charge in [-0.25, -0.2) is 0 Å². The van der Waals surface area contributed by atoms with E-state index in [2.05, 4.69) is 56.4 Å². The molecule has 0 heterocycles. The third-order valence-electron chi connectivity index (χ3n) is 4.81. The molecule has 2 rings (SSSR count). The smallest absolute Gasteiger partial charge is 0.0811 e. The maximum atomic E-state index is 6.44. The van der Waals surface area contributed by atoms with E-state index in [1.165, 1.54) is 37.7 Å². The van der Waals surface area contributed by atoms with E-state index in [0.717, 1.165) is 19.1 Å². The van der Waals surface area contributed by atoms with E-state index in [4.69, 9.17) is 4.74 Å². The van der Waals surface area contributed by atoms with Crippen LogP contribution in [-0.2, 0) is 11.3 Å². The summed E-state index contributed by atoms with van der Waals surface area (Å²) < 4.78 is 6.44. The molecule has 1 fully saturated rings. The van der Waals surface area contributed by atoms with Crippen LogP contribution >= 0.6 is 0 Å². The van der Waals surface area contributed by atoms with Gasteiger partial charge in [0, 0.05) is 12.6 Å². The summed E-state index contributed by atoms with van der Waals surface area (Å²) in [5.74, 6) is 0.900. The van der Waals surface area contributed by atoms with E-state index in [9.17, 15) is 0 Å². The monoisotopic (exact) mass is 289 g/mol. The van der Waals surface area contributed by atoms with Crippen LogP contribution in [0.3, 0.4) is 0 Å². The van der Waals surface area contributed by atoms with Crippen molar-refractivity contribution >= 4 is 0 Å². The number of nitrogens with one attached hydrogen (secondary N) is 1. The Hall–Kier alpha value is -0.860. The van der Waals surface area contributed by atoms with Gasteiger partial charge >= 0.3 is 0 Å². The standard InChI is InChI=1S/C19H31NO/c1-4-17-10-12-19(13-11-17,15-20-16(2)3)21-14-18-8-6-5-7-9-18/h5-9,16-17,20H,4,10-15H2,1-3H3. The third kappa shape index (κ3) is 5.12. The maximum absolute atomic E-state index is 6.44. The van der Waals surface area contributed by atoms with Crippen molar-refractivity contribution in [2.75, 3.05) is 6.54 Å². The molecule has 0 aliphatic heterocycles. The van der Waals surface area contributed by atoms with Crippen LogP contribution in [0.2, 0.25) is 0 Å². The van der Waals surface area contributed by atoms with Crippen molar-refractivity contribution in [1.29, 1.82) is 0 Å². The first kappa shape index (κ1) is 16.5. The van der Waals surface area contributed by atoms with Crippen molar-refractivity contribution in [2.45, 2.75) is 71.1 Å². The number of hydrogen-bond acceptors (Lipinski definition) is 2. The van der Waals surface area contributed by atoms with Gasteiger partial charge in [-0.05, 0) is 37.2 Å². The van der Waals surface area contributed by atoms with Gasteiger partial charge in [0.2, 0.25) is 0 Å². The lowest BCUT2D eigenvalue weighted by molar-refractivity contribution is -0.0871. The first-order chi connectivity index (χ1) is 10.1. The fourth-order valence-electron chi connectivity index (χ4n) is 3.18. The average molecular weight is 289 g/mol. The lowest BCUT2D eigenvalue weighted by Crippen LogP contribution is -2.47. The highest BCUT2D eigenvalue weighted by Crippen LogP contribution is 2.36. The van der Waals surface area contributed by atoms with Crippen LogP contribution in [0.4, 0.5) is 0 Å². The van der Waals surface area contributed by atoms with E-state index in [1.54, 1.807) is 0 Å². The highest BCUT2D eigenvalue weighted by atomic mass is 16.5. The predicted octanol–water partition coefficient (Wildman–Crippen LogP) is 4.54. The molecule has 0 aromatic heterocycles. The zero-order valence-corrected chi connectivity index (χ0v) is 13.9. The Labute approximate surface area is 130 Å². The second-order valence-electron chi connectivity index (χ2n) is 6.84. The van der Waals surface area contributed by atoms with Gasteiger partial charge < -0.3 is 10.1 Å². The molecular weight excluding hydrogens is 258 g/mol. The molecule has 1 N–H and O–H groups in total. The van der Waals surface area contributed by atoms with E-state index < -0.39 is 0 Å². The minimum absolute atomic E-state index is 0.0335. The first-order valence-electron chi connectivity index (χ1n) is 8.55. The summed E-state index contributed by atoms with van der Waals surface area (Å²) in [4.78, 5) is 0. The van der Waals surface area contributed by atoms with Crippen molar-refractivity contribution in [3.05, 3.63) is 35.9 Å². The normalized spacial score (nSPS) is 26.2. The van der Waals surface area contributed by atoms with Gasteiger partial charge in [0.05, 0.1) is 12.2 Å². The summed E-state index contributed by atoms with van der Waals surface area (Å²) >= 11 is 0. The predicted molar refractivity (Wildman–Crippen MR) is 89.3 cm³/mol. The van der Waals surface area contributed by atoms with Gasteiger partial charge in [-0.15, -0.1) is 0 Å². The van der Waals surface area contributed by atoms with Crippen LogP contribution < -0.4 is 5.32 Å². The largest absolute Gasteiger partial charge is 0.369 e. The zero-order valence-electron chi connectivity index (χ0n) is 13.9. The van der Waals surface area contributed by atoms with Crippen LogP contribution in [0.25, 0.3) is 0 Å². The number of ether oxygens (including phenoxy) is 1. The molecule has 0 saturated heterocycles. The molecule has 2 heteroatoms. The summed E-state index contributed by atoms with van der Waals surface area (Å²) in [6.07, 6.45) is 6.32. The highest BCUT2D eigenvalue weighted by Gasteiger charge is 2.35. The van der Waals surface area contributed by atoms with Crippen molar-refractivity contribution < 1.29 is 4.74 Å². The Morgan fingerprint density at radius 1 is 1.19 bits per heavy atom. The van der Waals surface area contributed by atoms with Gasteiger partial charge in [-0.1, -0.05) is 57.5 Å². The Morgan fingerprint density at radius 2 is 1.86 bits per heavy atom. The Morgan fingerprint density at radius 3 is 2.43 bits per heavy atom. The zero-order chi connectivity index (χ0) is 15.1. The molecule has 1 saturated carbocycles. The van der Waals surface area contributed by atoms with E-state index in [1.807, 2.05) is 0 Å². The van der Waals surface area contributed by atoms with Crippen molar-refractivity contribution in [2.24, 2.45) is 5.92 Å². The molecule has 118 valence electrons. The molecule has 0 radical (unpaired) electrons. The minimum atomic E-state index is 0.0335. The lowest BCUT2D eigenvalue weighted by Gasteiger charge is -2.40. The Kier molecular flexibility index (Phi) is 6.25. The molecule has 1 aliphatic rings. The van der Waals surface area contributed by atoms with Gasteiger partial charge in [-0.3, -0.25) is 0 Å². The molecule has 1 aromatic rings. The molecule has 1 aliphatic carbocycles. The van der Waals surface area contributed by atoms with Crippen molar-refractivity contribution in [3.8, 4) is 0 Å². The quantitative estimate of drug-likeness (QED) is 0.795. The fraction of sp³-hybridized carbons (Fsp3) is 0.684. The van der Waals surface area contributed by atoms with Gasteiger partial charge in [0.1, 0.15) is 0 Å². The molecule has 0 spiro atoms. The highest BCUT2D eigenvalue weighted by molar-refractivity contribution is 5.13. The van der Waals surface area contributed by atoms with E-state index in [-0.39, 0.29) is 5.60 Å². The van der Waals surface area contributed by atoms with Crippen LogP contribution in [-0.4, -0.2) is 18.2 Å². The summed E-state index contributed by atoms with van der Waals surface area (Å²) in [6.45, 7) is 8.45. The number of rotatable bonds is 7. The molecule has 1 aromatic carbocycles. The van der Waals surface area contributed by atoms with Gasteiger partial charge in [0.15, 0.2) is 0 Å². The Balaban J connectivity index is 1.95. The van der Waals surface area contributed by atoms with E-state index in [0.29, 0.717) is 6.04 Å². The van der Waals surface area contributed by atoms with Crippen molar-refractivity contribution in [1.82, 2.24) is 5.32 Å². The SMILES string of the molecule is CCC1CCC(CNC(C)C)(OCc2ccccc2)CC1. The van der Waals surface area contributed by atoms with E-state index >= 15 is 0 Å². The molecule has 0 amide bonds. The lowest BCUT2D eigenvalue weighted by atomic mass is 9.77. The van der Waals surface area contributed by atoms with Crippen LogP contribution in [0, 0.1) is 5.92 Å². The second-order valence-corrected chi connectivity index (χ2v) is 6.84. The number of hydrogen-bond donors (Lipinski definition) is 1. The molecular formula is C19H31NO. The number of benzene rings is 1. The Bertz CT molecular complexity index is 393. The first-order valence-corrected chi connectivity index (χ1v) is 8.55. The molecule has 0 unspecified atom stereocenters. The van der Waals surface area contributed by atoms with Crippen molar-refractivity contribution in [3.63, 3.8) is 0 Å². The third-order valence-corrected chi connectivity index (χ3v) is 4.81. The molecule has 0 bridgehead atoms. The van der Waals surface area contributed by atoms with Gasteiger partial charge in [-0.2, -0.15) is 0 Å². The average Bonchev–Trinajstić information content (AvgIpc) is 2.53. The maximum Gasteiger partial charge on any atom is 0.0811 e. The minimum Gasteiger partial charge on any atom is -0.369 e. The summed E-state index contributed by atoms with van der Waals surface area (Å²) in [7, 11) is 0. The summed E-state index contributed by atoms with van der Waals surface area (Å²) in [6, 6.07) is 11.1.